The van der Waals surface area contributed by atoms with Crippen LogP contribution in [0, 0.1) is 0 Å². The first kappa shape index (κ1) is 25.1. The molecule has 186 valence electrons. The van der Waals surface area contributed by atoms with E-state index < -0.39 is 0 Å². The highest BCUT2D eigenvalue weighted by atomic mass is 16.7. The zero-order valence-electron chi connectivity index (χ0n) is 19.7. The molecule has 0 atom stereocenters. The van der Waals surface area contributed by atoms with Crippen molar-refractivity contribution in [1.82, 2.24) is 15.0 Å². The van der Waals surface area contributed by atoms with Crippen molar-refractivity contribution in [3.63, 3.8) is 0 Å². The van der Waals surface area contributed by atoms with Gasteiger partial charge in [0.1, 0.15) is 0 Å². The second-order valence-electron chi connectivity index (χ2n) is 7.47. The summed E-state index contributed by atoms with van der Waals surface area (Å²) in [7, 11) is 0. The van der Waals surface area contributed by atoms with Crippen LogP contribution >= 0.6 is 0 Å². The molecule has 1 heterocycles. The van der Waals surface area contributed by atoms with Gasteiger partial charge in [-0.15, -0.1) is 15.0 Å². The van der Waals surface area contributed by atoms with E-state index in [1.165, 1.54) is 0 Å². The summed E-state index contributed by atoms with van der Waals surface area (Å²) in [6, 6.07) is 29.3. The highest BCUT2D eigenvalue weighted by Crippen LogP contribution is 2.16. The molecule has 1 aromatic heterocycles. The Balaban J connectivity index is 1.29. The Morgan fingerprint density at radius 1 is 0.389 bits per heavy atom. The first-order valence-corrected chi connectivity index (χ1v) is 11.3. The van der Waals surface area contributed by atoms with Gasteiger partial charge in [0.25, 0.3) is 0 Å². The number of benzene rings is 3. The van der Waals surface area contributed by atoms with E-state index in [0.717, 1.165) is 16.7 Å². The van der Waals surface area contributed by atoms with Crippen LogP contribution in [0.5, 0.6) is 18.0 Å². The predicted octanol–water partition coefficient (Wildman–Crippen LogP) is 4.53. The minimum atomic E-state index is -0.0627. The molecule has 0 saturated carbocycles. The highest BCUT2D eigenvalue weighted by molar-refractivity contribution is 5.15. The fourth-order valence-corrected chi connectivity index (χ4v) is 3.00. The zero-order valence-corrected chi connectivity index (χ0v) is 19.7. The van der Waals surface area contributed by atoms with Crippen LogP contribution in [0.25, 0.3) is 0 Å². The predicted molar refractivity (Wildman–Crippen MR) is 130 cm³/mol. The maximum atomic E-state index is 5.54. The molecule has 0 saturated heterocycles. The fourth-order valence-electron chi connectivity index (χ4n) is 3.00. The van der Waals surface area contributed by atoms with Crippen LogP contribution in [0.3, 0.4) is 0 Å². The lowest BCUT2D eigenvalue weighted by Crippen LogP contribution is -2.12. The van der Waals surface area contributed by atoms with Crippen molar-refractivity contribution < 1.29 is 28.4 Å². The fraction of sp³-hybridized carbons (Fsp3) is 0.222. The van der Waals surface area contributed by atoms with Crippen LogP contribution in [-0.4, -0.2) is 35.3 Å². The van der Waals surface area contributed by atoms with Gasteiger partial charge in [0, 0.05) is 0 Å². The van der Waals surface area contributed by atoms with Crippen LogP contribution in [0.15, 0.2) is 91.0 Å². The van der Waals surface area contributed by atoms with E-state index in [0.29, 0.717) is 19.8 Å². The molecule has 0 radical (unpaired) electrons. The van der Waals surface area contributed by atoms with E-state index in [2.05, 4.69) is 15.0 Å². The molecular weight excluding hydrogens is 462 g/mol. The Kier molecular flexibility index (Phi) is 10.0. The van der Waals surface area contributed by atoms with Crippen molar-refractivity contribution >= 4 is 0 Å². The molecule has 0 aliphatic rings. The van der Waals surface area contributed by atoms with Crippen LogP contribution < -0.4 is 14.2 Å². The summed E-state index contributed by atoms with van der Waals surface area (Å²) in [6.45, 7) is 0.976. The van der Waals surface area contributed by atoms with Gasteiger partial charge in [-0.3, -0.25) is 0 Å². The van der Waals surface area contributed by atoms with Gasteiger partial charge in [-0.1, -0.05) is 91.0 Å². The lowest BCUT2D eigenvalue weighted by atomic mass is 10.2. The summed E-state index contributed by atoms with van der Waals surface area (Å²) in [5.74, 6) is 0. The topological polar surface area (TPSA) is 94.1 Å². The minimum Gasteiger partial charge on any atom is -0.436 e. The first-order valence-electron chi connectivity index (χ1n) is 11.3. The van der Waals surface area contributed by atoms with Gasteiger partial charge in [-0.05, 0) is 16.7 Å². The van der Waals surface area contributed by atoms with E-state index in [9.17, 15) is 0 Å². The van der Waals surface area contributed by atoms with E-state index in [1.54, 1.807) is 0 Å². The summed E-state index contributed by atoms with van der Waals surface area (Å²) in [6.07, 6.45) is 0. The summed E-state index contributed by atoms with van der Waals surface area (Å²) >= 11 is 0. The number of rotatable bonds is 15. The van der Waals surface area contributed by atoms with Crippen LogP contribution in [0.1, 0.15) is 16.7 Å². The molecule has 0 N–H and O–H groups in total. The van der Waals surface area contributed by atoms with E-state index in [-0.39, 0.29) is 38.4 Å². The summed E-state index contributed by atoms with van der Waals surface area (Å²) in [4.78, 5) is 12.5. The standard InChI is InChI=1S/C27H27N3O6/c1-4-10-22(11-5-1)16-31-19-34-25-28-26(35-20-32-17-23-12-6-2-7-13-23)30-27(29-25)36-21-33-18-24-14-8-3-9-15-24/h1-15H,16-21H2. The Bertz CT molecular complexity index is 991. The summed E-state index contributed by atoms with van der Waals surface area (Å²) in [5, 5.41) is 0. The Labute approximate surface area is 209 Å². The smallest absolute Gasteiger partial charge is 0.327 e. The number of ether oxygens (including phenoxy) is 6. The normalized spacial score (nSPS) is 10.7. The van der Waals surface area contributed by atoms with Crippen molar-refractivity contribution in [2.45, 2.75) is 19.8 Å². The maximum Gasteiger partial charge on any atom is 0.327 e. The molecule has 0 fully saturated rings. The Morgan fingerprint density at radius 3 is 0.944 bits per heavy atom. The van der Waals surface area contributed by atoms with Crippen molar-refractivity contribution in [1.29, 1.82) is 0 Å². The molecular formula is C27H27N3O6. The SMILES string of the molecule is c1ccc(COCOc2nc(OCOCc3ccccc3)nc(OCOCc3ccccc3)n2)cc1. The van der Waals surface area contributed by atoms with Gasteiger partial charge < -0.3 is 28.4 Å². The molecule has 0 spiro atoms. The number of hydrogen-bond acceptors (Lipinski definition) is 9. The zero-order chi connectivity index (χ0) is 24.7. The maximum absolute atomic E-state index is 5.54. The lowest BCUT2D eigenvalue weighted by molar-refractivity contribution is -0.0151. The third-order valence-corrected chi connectivity index (χ3v) is 4.72. The van der Waals surface area contributed by atoms with Gasteiger partial charge in [0.2, 0.25) is 0 Å². The third kappa shape index (κ3) is 8.95. The molecule has 0 unspecified atom stereocenters. The van der Waals surface area contributed by atoms with Crippen molar-refractivity contribution in [3.05, 3.63) is 108 Å². The van der Waals surface area contributed by atoms with E-state index >= 15 is 0 Å². The summed E-state index contributed by atoms with van der Waals surface area (Å²) in [5.41, 5.74) is 3.07. The molecule has 9 nitrogen and oxygen atoms in total. The number of aromatic nitrogens is 3. The van der Waals surface area contributed by atoms with Gasteiger partial charge in [0.05, 0.1) is 19.8 Å². The lowest BCUT2D eigenvalue weighted by Gasteiger charge is -2.11. The second-order valence-corrected chi connectivity index (χ2v) is 7.47. The van der Waals surface area contributed by atoms with Crippen LogP contribution in [0.2, 0.25) is 0 Å². The monoisotopic (exact) mass is 489 g/mol. The molecule has 9 heteroatoms. The van der Waals surface area contributed by atoms with Crippen molar-refractivity contribution in [2.75, 3.05) is 20.4 Å². The Hall–Kier alpha value is -4.05. The molecule has 4 rings (SSSR count). The average Bonchev–Trinajstić information content (AvgIpc) is 2.93. The van der Waals surface area contributed by atoms with Gasteiger partial charge in [-0.25, -0.2) is 0 Å². The largest absolute Gasteiger partial charge is 0.436 e. The minimum absolute atomic E-state index is 0.00539. The summed E-state index contributed by atoms with van der Waals surface area (Å²) < 4.78 is 33.2. The first-order chi connectivity index (χ1) is 17.8. The van der Waals surface area contributed by atoms with E-state index in [1.807, 2.05) is 91.0 Å². The third-order valence-electron chi connectivity index (χ3n) is 4.72. The molecule has 4 aromatic rings. The molecule has 36 heavy (non-hydrogen) atoms. The van der Waals surface area contributed by atoms with Gasteiger partial charge in [-0.2, -0.15) is 0 Å². The molecule has 0 bridgehead atoms. The van der Waals surface area contributed by atoms with Crippen molar-refractivity contribution in [3.8, 4) is 18.0 Å². The quantitative estimate of drug-likeness (QED) is 0.176. The van der Waals surface area contributed by atoms with Crippen LogP contribution in [-0.2, 0) is 34.0 Å². The van der Waals surface area contributed by atoms with Gasteiger partial charge >= 0.3 is 18.0 Å². The highest BCUT2D eigenvalue weighted by Gasteiger charge is 2.11. The molecule has 0 aliphatic heterocycles. The van der Waals surface area contributed by atoms with Crippen LogP contribution in [0.4, 0.5) is 0 Å². The Morgan fingerprint density at radius 2 is 0.667 bits per heavy atom. The number of nitrogens with zero attached hydrogens (tertiary/aromatic N) is 3. The molecule has 0 amide bonds. The molecule has 0 aliphatic carbocycles. The van der Waals surface area contributed by atoms with Crippen molar-refractivity contribution in [2.24, 2.45) is 0 Å². The average molecular weight is 490 g/mol. The second kappa shape index (κ2) is 14.4. The van der Waals surface area contributed by atoms with E-state index in [4.69, 9.17) is 28.4 Å². The van der Waals surface area contributed by atoms with Gasteiger partial charge in [0.15, 0.2) is 20.4 Å². The molecule has 3 aromatic carbocycles. The number of hydrogen-bond donors (Lipinski definition) is 0.